The van der Waals surface area contributed by atoms with Gasteiger partial charge in [-0.2, -0.15) is 0 Å². The zero-order chi connectivity index (χ0) is 21.7. The van der Waals surface area contributed by atoms with E-state index in [0.717, 1.165) is 0 Å². The summed E-state index contributed by atoms with van der Waals surface area (Å²) < 4.78 is 5.14. The number of para-hydroxylation sites is 2. The average molecular weight is 409 g/mol. The van der Waals surface area contributed by atoms with Crippen molar-refractivity contribution in [3.05, 3.63) is 60.2 Å². The molecule has 2 atom stereocenters. The molecule has 1 aliphatic heterocycles. The topological polar surface area (TPSA) is 105 Å². The van der Waals surface area contributed by atoms with E-state index in [0.29, 0.717) is 16.9 Å². The van der Waals surface area contributed by atoms with E-state index >= 15 is 0 Å². The van der Waals surface area contributed by atoms with Gasteiger partial charge in [0.2, 0.25) is 5.91 Å². The first-order chi connectivity index (χ1) is 14.4. The molecular formula is C22H23N3O5. The lowest BCUT2D eigenvalue weighted by Gasteiger charge is -2.27. The van der Waals surface area contributed by atoms with Crippen LogP contribution in [0.2, 0.25) is 0 Å². The molecular weight excluding hydrogens is 386 g/mol. The molecule has 1 heterocycles. The summed E-state index contributed by atoms with van der Waals surface area (Å²) in [4.78, 5) is 50.7. The molecule has 0 aromatic heterocycles. The van der Waals surface area contributed by atoms with Gasteiger partial charge in [-0.05, 0) is 38.1 Å². The summed E-state index contributed by atoms with van der Waals surface area (Å²) in [5.41, 5.74) is 1.48. The quantitative estimate of drug-likeness (QED) is 0.736. The molecule has 0 unspecified atom stereocenters. The van der Waals surface area contributed by atoms with E-state index in [4.69, 9.17) is 4.74 Å². The van der Waals surface area contributed by atoms with Gasteiger partial charge in [-0.15, -0.1) is 0 Å². The van der Waals surface area contributed by atoms with Crippen LogP contribution in [0, 0.1) is 0 Å². The molecule has 0 radical (unpaired) electrons. The van der Waals surface area contributed by atoms with E-state index < -0.39 is 36.5 Å². The number of anilines is 2. The van der Waals surface area contributed by atoms with E-state index in [1.165, 1.54) is 11.8 Å². The minimum atomic E-state index is -0.928. The SMILES string of the molecule is C[C@H](NC(=O)c1ccccc1)C(=O)OCC(=O)N1c2ccccc2NC(=O)C[C@@H]1C. The molecule has 0 saturated carbocycles. The Bertz CT molecular complexity index is 960. The number of fused-ring (bicyclic) bond motifs is 1. The molecule has 0 fully saturated rings. The number of nitrogens with one attached hydrogen (secondary N) is 2. The third-order valence-corrected chi connectivity index (χ3v) is 4.70. The van der Waals surface area contributed by atoms with Gasteiger partial charge in [-0.3, -0.25) is 14.4 Å². The molecule has 30 heavy (non-hydrogen) atoms. The summed E-state index contributed by atoms with van der Waals surface area (Å²) in [6.45, 7) is 2.74. The highest BCUT2D eigenvalue weighted by Gasteiger charge is 2.30. The minimum Gasteiger partial charge on any atom is -0.454 e. The predicted molar refractivity (Wildman–Crippen MR) is 111 cm³/mol. The second kappa shape index (κ2) is 9.21. The van der Waals surface area contributed by atoms with Gasteiger partial charge in [-0.25, -0.2) is 4.79 Å². The Labute approximate surface area is 174 Å². The Morgan fingerprint density at radius 2 is 1.80 bits per heavy atom. The number of carbonyl (C=O) groups excluding carboxylic acids is 4. The highest BCUT2D eigenvalue weighted by atomic mass is 16.5. The van der Waals surface area contributed by atoms with Crippen LogP contribution >= 0.6 is 0 Å². The van der Waals surface area contributed by atoms with Gasteiger partial charge in [0.15, 0.2) is 6.61 Å². The fourth-order valence-electron chi connectivity index (χ4n) is 3.22. The first kappa shape index (κ1) is 21.0. The molecule has 8 nitrogen and oxygen atoms in total. The van der Waals surface area contributed by atoms with Gasteiger partial charge in [0.1, 0.15) is 6.04 Å². The van der Waals surface area contributed by atoms with Crippen LogP contribution < -0.4 is 15.5 Å². The molecule has 0 spiro atoms. The van der Waals surface area contributed by atoms with Crippen LogP contribution in [0.15, 0.2) is 54.6 Å². The van der Waals surface area contributed by atoms with Crippen molar-refractivity contribution in [2.45, 2.75) is 32.4 Å². The van der Waals surface area contributed by atoms with Crippen LogP contribution in [0.1, 0.15) is 30.6 Å². The molecule has 0 bridgehead atoms. The standard InChI is InChI=1S/C22H23N3O5/c1-14-12-19(26)24-17-10-6-7-11-18(17)25(14)20(27)13-30-22(29)15(2)23-21(28)16-8-4-3-5-9-16/h3-11,14-15H,12-13H2,1-2H3,(H,23,28)(H,24,26)/t14-,15-/m0/s1. The van der Waals surface area contributed by atoms with Crippen molar-refractivity contribution in [2.24, 2.45) is 0 Å². The predicted octanol–water partition coefficient (Wildman–Crippen LogP) is 2.11. The van der Waals surface area contributed by atoms with Crippen LogP contribution in [0.4, 0.5) is 11.4 Å². The van der Waals surface area contributed by atoms with E-state index in [-0.39, 0.29) is 12.3 Å². The van der Waals surface area contributed by atoms with Crippen molar-refractivity contribution in [3.8, 4) is 0 Å². The largest absolute Gasteiger partial charge is 0.454 e. The summed E-state index contributed by atoms with van der Waals surface area (Å²) >= 11 is 0. The van der Waals surface area contributed by atoms with Crippen LogP contribution in [-0.2, 0) is 19.1 Å². The lowest BCUT2D eigenvalue weighted by molar-refractivity contribution is -0.149. The summed E-state index contributed by atoms with van der Waals surface area (Å²) in [6, 6.07) is 14.1. The average Bonchev–Trinajstić information content (AvgIpc) is 2.86. The number of rotatable bonds is 5. The zero-order valence-electron chi connectivity index (χ0n) is 16.8. The van der Waals surface area contributed by atoms with Crippen molar-refractivity contribution in [1.82, 2.24) is 5.32 Å². The van der Waals surface area contributed by atoms with Crippen molar-refractivity contribution in [3.63, 3.8) is 0 Å². The van der Waals surface area contributed by atoms with Gasteiger partial charge in [0.25, 0.3) is 11.8 Å². The third-order valence-electron chi connectivity index (χ3n) is 4.70. The Morgan fingerprint density at radius 3 is 2.53 bits per heavy atom. The zero-order valence-corrected chi connectivity index (χ0v) is 16.8. The molecule has 2 aromatic rings. The van der Waals surface area contributed by atoms with Gasteiger partial charge in [-0.1, -0.05) is 30.3 Å². The van der Waals surface area contributed by atoms with Crippen LogP contribution in [-0.4, -0.2) is 42.4 Å². The lowest BCUT2D eigenvalue weighted by Crippen LogP contribution is -2.44. The third kappa shape index (κ3) is 4.83. The summed E-state index contributed by atoms with van der Waals surface area (Å²) in [5, 5.41) is 5.32. The molecule has 156 valence electrons. The summed E-state index contributed by atoms with van der Waals surface area (Å²) in [6.07, 6.45) is 0.123. The number of esters is 1. The number of carbonyl (C=O) groups is 4. The Morgan fingerprint density at radius 1 is 1.13 bits per heavy atom. The number of amides is 3. The van der Waals surface area contributed by atoms with E-state index in [9.17, 15) is 19.2 Å². The highest BCUT2D eigenvalue weighted by molar-refractivity contribution is 6.05. The van der Waals surface area contributed by atoms with Crippen LogP contribution in [0.3, 0.4) is 0 Å². The first-order valence-electron chi connectivity index (χ1n) is 9.60. The molecule has 1 aliphatic rings. The van der Waals surface area contributed by atoms with E-state index in [1.807, 2.05) is 0 Å². The van der Waals surface area contributed by atoms with Crippen molar-refractivity contribution >= 4 is 35.1 Å². The first-order valence-corrected chi connectivity index (χ1v) is 9.60. The maximum atomic E-state index is 12.8. The maximum absolute atomic E-state index is 12.8. The number of hydrogen-bond donors (Lipinski definition) is 2. The van der Waals surface area contributed by atoms with E-state index in [2.05, 4.69) is 10.6 Å². The van der Waals surface area contributed by atoms with Crippen LogP contribution in [0.5, 0.6) is 0 Å². The van der Waals surface area contributed by atoms with Gasteiger partial charge in [0, 0.05) is 18.0 Å². The van der Waals surface area contributed by atoms with Crippen molar-refractivity contribution in [2.75, 3.05) is 16.8 Å². The molecule has 0 aliphatic carbocycles. The van der Waals surface area contributed by atoms with Crippen LogP contribution in [0.25, 0.3) is 0 Å². The van der Waals surface area contributed by atoms with Gasteiger partial charge in [0.05, 0.1) is 11.4 Å². The molecule has 3 rings (SSSR count). The number of benzene rings is 2. The monoisotopic (exact) mass is 409 g/mol. The second-order valence-corrected chi connectivity index (χ2v) is 7.05. The normalized spacial score (nSPS) is 16.5. The Kier molecular flexibility index (Phi) is 6.46. The number of nitrogens with zero attached hydrogens (tertiary/aromatic N) is 1. The minimum absolute atomic E-state index is 0.123. The molecule has 0 saturated heterocycles. The number of hydrogen-bond acceptors (Lipinski definition) is 5. The Hall–Kier alpha value is -3.68. The fraction of sp³-hybridized carbons (Fsp3) is 0.273. The smallest absolute Gasteiger partial charge is 0.328 e. The molecule has 3 amide bonds. The Balaban J connectivity index is 1.62. The molecule has 2 N–H and O–H groups in total. The molecule has 8 heteroatoms. The van der Waals surface area contributed by atoms with Gasteiger partial charge < -0.3 is 20.3 Å². The lowest BCUT2D eigenvalue weighted by atomic mass is 10.1. The van der Waals surface area contributed by atoms with Crippen molar-refractivity contribution in [1.29, 1.82) is 0 Å². The van der Waals surface area contributed by atoms with Crippen molar-refractivity contribution < 1.29 is 23.9 Å². The highest BCUT2D eigenvalue weighted by Crippen LogP contribution is 2.31. The second-order valence-electron chi connectivity index (χ2n) is 7.05. The molecule has 2 aromatic carbocycles. The maximum Gasteiger partial charge on any atom is 0.328 e. The van der Waals surface area contributed by atoms with Gasteiger partial charge >= 0.3 is 5.97 Å². The van der Waals surface area contributed by atoms with E-state index in [1.54, 1.807) is 61.5 Å². The number of ether oxygens (including phenoxy) is 1. The summed E-state index contributed by atoms with van der Waals surface area (Å²) in [7, 11) is 0. The fourth-order valence-corrected chi connectivity index (χ4v) is 3.22. The summed E-state index contributed by atoms with van der Waals surface area (Å²) in [5.74, 6) is -1.79.